The van der Waals surface area contributed by atoms with Gasteiger partial charge in [-0.25, -0.2) is 0 Å². The molecule has 1 atom stereocenters. The first-order valence-electron chi connectivity index (χ1n) is 4.89. The Balaban J connectivity index is 3.45. The van der Waals surface area contributed by atoms with Crippen LogP contribution in [0.2, 0.25) is 0 Å². The quantitative estimate of drug-likeness (QED) is 0.638. The standard InChI is InChI=1S/C10H23NO/c1-8(2)5-11-6-10(7-12)9(3)4/h8-12H,5-7H2,1-4H3. The molecule has 0 rings (SSSR count). The third kappa shape index (κ3) is 5.56. The lowest BCUT2D eigenvalue weighted by atomic mass is 9.97. The van der Waals surface area contributed by atoms with Crippen molar-refractivity contribution in [2.24, 2.45) is 17.8 Å². The molecule has 0 aliphatic carbocycles. The molecule has 0 saturated heterocycles. The molecule has 0 aromatic carbocycles. The second-order valence-corrected chi connectivity index (χ2v) is 4.24. The van der Waals surface area contributed by atoms with Gasteiger partial charge in [0.05, 0.1) is 0 Å². The molecule has 74 valence electrons. The summed E-state index contributed by atoms with van der Waals surface area (Å²) in [4.78, 5) is 0. The summed E-state index contributed by atoms with van der Waals surface area (Å²) in [6.07, 6.45) is 0. The second kappa shape index (κ2) is 6.44. The molecule has 2 heteroatoms. The van der Waals surface area contributed by atoms with E-state index in [4.69, 9.17) is 5.11 Å². The molecular weight excluding hydrogens is 150 g/mol. The van der Waals surface area contributed by atoms with Crippen LogP contribution in [0.5, 0.6) is 0 Å². The smallest absolute Gasteiger partial charge is 0.0473 e. The van der Waals surface area contributed by atoms with Crippen molar-refractivity contribution >= 4 is 0 Å². The van der Waals surface area contributed by atoms with Crippen LogP contribution in [-0.4, -0.2) is 24.8 Å². The number of hydrogen-bond acceptors (Lipinski definition) is 2. The van der Waals surface area contributed by atoms with E-state index in [0.717, 1.165) is 13.1 Å². The predicted octanol–water partition coefficient (Wildman–Crippen LogP) is 1.50. The molecule has 2 N–H and O–H groups in total. The van der Waals surface area contributed by atoms with Crippen LogP contribution in [0.25, 0.3) is 0 Å². The van der Waals surface area contributed by atoms with E-state index >= 15 is 0 Å². The van der Waals surface area contributed by atoms with Crippen molar-refractivity contribution in [1.29, 1.82) is 0 Å². The highest BCUT2D eigenvalue weighted by atomic mass is 16.3. The van der Waals surface area contributed by atoms with Crippen molar-refractivity contribution in [3.05, 3.63) is 0 Å². The normalized spacial score (nSPS) is 14.2. The number of nitrogens with one attached hydrogen (secondary N) is 1. The molecule has 0 fully saturated rings. The van der Waals surface area contributed by atoms with E-state index in [9.17, 15) is 0 Å². The minimum atomic E-state index is 0.294. The van der Waals surface area contributed by atoms with E-state index < -0.39 is 0 Å². The molecule has 0 aliphatic rings. The maximum Gasteiger partial charge on any atom is 0.0473 e. The molecule has 0 aromatic heterocycles. The Labute approximate surface area is 76.4 Å². The van der Waals surface area contributed by atoms with E-state index in [0.29, 0.717) is 24.4 Å². The fraction of sp³-hybridized carbons (Fsp3) is 1.00. The molecule has 1 unspecified atom stereocenters. The third-order valence-electron chi connectivity index (χ3n) is 2.14. The summed E-state index contributed by atoms with van der Waals surface area (Å²) < 4.78 is 0. The fourth-order valence-corrected chi connectivity index (χ4v) is 1.07. The second-order valence-electron chi connectivity index (χ2n) is 4.24. The van der Waals surface area contributed by atoms with E-state index in [1.807, 2.05) is 0 Å². The van der Waals surface area contributed by atoms with Gasteiger partial charge in [-0.2, -0.15) is 0 Å². The molecule has 0 spiro atoms. The topological polar surface area (TPSA) is 32.3 Å². The Hall–Kier alpha value is -0.0800. The highest BCUT2D eigenvalue weighted by Gasteiger charge is 2.10. The van der Waals surface area contributed by atoms with Crippen LogP contribution in [0.4, 0.5) is 0 Å². The van der Waals surface area contributed by atoms with Gasteiger partial charge >= 0.3 is 0 Å². The van der Waals surface area contributed by atoms with Crippen molar-refractivity contribution < 1.29 is 5.11 Å². The lowest BCUT2D eigenvalue weighted by molar-refractivity contribution is 0.185. The highest BCUT2D eigenvalue weighted by molar-refractivity contribution is 4.65. The summed E-state index contributed by atoms with van der Waals surface area (Å²) >= 11 is 0. The number of aliphatic hydroxyl groups excluding tert-OH is 1. The predicted molar refractivity (Wildman–Crippen MR) is 53.1 cm³/mol. The Kier molecular flexibility index (Phi) is 6.39. The lowest BCUT2D eigenvalue weighted by Gasteiger charge is -2.19. The first-order chi connectivity index (χ1) is 5.57. The molecule has 0 bridgehead atoms. The van der Waals surface area contributed by atoms with Crippen LogP contribution in [0.3, 0.4) is 0 Å². The Morgan fingerprint density at radius 2 is 1.67 bits per heavy atom. The average Bonchev–Trinajstić information content (AvgIpc) is 1.96. The van der Waals surface area contributed by atoms with Gasteiger partial charge in [0.25, 0.3) is 0 Å². The van der Waals surface area contributed by atoms with Gasteiger partial charge < -0.3 is 10.4 Å². The van der Waals surface area contributed by atoms with E-state index in [-0.39, 0.29) is 0 Å². The first-order valence-corrected chi connectivity index (χ1v) is 4.89. The Bertz CT molecular complexity index is 102. The van der Waals surface area contributed by atoms with Gasteiger partial charge in [0.1, 0.15) is 0 Å². The van der Waals surface area contributed by atoms with Crippen molar-refractivity contribution in [2.45, 2.75) is 27.7 Å². The molecule has 2 nitrogen and oxygen atoms in total. The van der Waals surface area contributed by atoms with Crippen LogP contribution >= 0.6 is 0 Å². The summed E-state index contributed by atoms with van der Waals surface area (Å²) in [6.45, 7) is 11.0. The number of aliphatic hydroxyl groups is 1. The highest BCUT2D eigenvalue weighted by Crippen LogP contribution is 2.08. The maximum absolute atomic E-state index is 9.02. The van der Waals surface area contributed by atoms with Crippen LogP contribution in [0, 0.1) is 17.8 Å². The van der Waals surface area contributed by atoms with Gasteiger partial charge in [0, 0.05) is 13.2 Å². The zero-order valence-corrected chi connectivity index (χ0v) is 8.80. The average molecular weight is 173 g/mol. The molecule has 0 aliphatic heterocycles. The Morgan fingerprint density at radius 1 is 1.08 bits per heavy atom. The van der Waals surface area contributed by atoms with Crippen molar-refractivity contribution in [2.75, 3.05) is 19.7 Å². The molecule has 0 saturated carbocycles. The minimum Gasteiger partial charge on any atom is -0.396 e. The summed E-state index contributed by atoms with van der Waals surface area (Å²) in [5, 5.41) is 12.4. The maximum atomic E-state index is 9.02. The van der Waals surface area contributed by atoms with E-state index in [1.165, 1.54) is 0 Å². The third-order valence-corrected chi connectivity index (χ3v) is 2.14. The fourth-order valence-electron chi connectivity index (χ4n) is 1.07. The number of hydrogen-bond donors (Lipinski definition) is 2. The van der Waals surface area contributed by atoms with E-state index in [2.05, 4.69) is 33.0 Å². The summed E-state index contributed by atoms with van der Waals surface area (Å²) in [6, 6.07) is 0. The molecule has 0 heterocycles. The summed E-state index contributed by atoms with van der Waals surface area (Å²) in [7, 11) is 0. The molecule has 12 heavy (non-hydrogen) atoms. The molecule has 0 amide bonds. The molecule has 0 radical (unpaired) electrons. The van der Waals surface area contributed by atoms with Crippen molar-refractivity contribution in [1.82, 2.24) is 5.32 Å². The zero-order valence-electron chi connectivity index (χ0n) is 8.80. The Morgan fingerprint density at radius 3 is 2.00 bits per heavy atom. The first kappa shape index (κ1) is 11.9. The van der Waals surface area contributed by atoms with E-state index in [1.54, 1.807) is 0 Å². The molecule has 0 aromatic rings. The van der Waals surface area contributed by atoms with Crippen molar-refractivity contribution in [3.63, 3.8) is 0 Å². The largest absolute Gasteiger partial charge is 0.396 e. The van der Waals surface area contributed by atoms with Crippen LogP contribution in [0.15, 0.2) is 0 Å². The minimum absolute atomic E-state index is 0.294. The monoisotopic (exact) mass is 173 g/mol. The van der Waals surface area contributed by atoms with Gasteiger partial charge in [0.2, 0.25) is 0 Å². The zero-order chi connectivity index (χ0) is 9.56. The van der Waals surface area contributed by atoms with Gasteiger partial charge in [0.15, 0.2) is 0 Å². The lowest BCUT2D eigenvalue weighted by Crippen LogP contribution is -2.30. The van der Waals surface area contributed by atoms with Crippen LogP contribution in [0.1, 0.15) is 27.7 Å². The van der Waals surface area contributed by atoms with Crippen LogP contribution < -0.4 is 5.32 Å². The molecular formula is C10H23NO. The van der Waals surface area contributed by atoms with Gasteiger partial charge in [-0.3, -0.25) is 0 Å². The van der Waals surface area contributed by atoms with Crippen LogP contribution in [-0.2, 0) is 0 Å². The summed E-state index contributed by atoms with van der Waals surface area (Å²) in [5.74, 6) is 1.66. The SMILES string of the molecule is CC(C)CNCC(CO)C(C)C. The summed E-state index contributed by atoms with van der Waals surface area (Å²) in [5.41, 5.74) is 0. The van der Waals surface area contributed by atoms with Crippen molar-refractivity contribution in [3.8, 4) is 0 Å². The van der Waals surface area contributed by atoms with Gasteiger partial charge in [-0.05, 0) is 24.3 Å². The number of rotatable bonds is 6. The van der Waals surface area contributed by atoms with Gasteiger partial charge in [-0.1, -0.05) is 27.7 Å². The van der Waals surface area contributed by atoms with Gasteiger partial charge in [-0.15, -0.1) is 0 Å².